The maximum absolute atomic E-state index is 6.47. The Labute approximate surface area is 145 Å². The Bertz CT molecular complexity index is 644. The summed E-state index contributed by atoms with van der Waals surface area (Å²) in [7, 11) is 2.06. The molecule has 0 aliphatic carbocycles. The van der Waals surface area contributed by atoms with Crippen LogP contribution in [0.3, 0.4) is 0 Å². The molecular formula is C20H29N3O. The van der Waals surface area contributed by atoms with Crippen LogP contribution in [0.5, 0.6) is 0 Å². The number of hydrogen-bond acceptors (Lipinski definition) is 3. The quantitative estimate of drug-likeness (QED) is 0.861. The molecule has 1 fully saturated rings. The van der Waals surface area contributed by atoms with E-state index in [-0.39, 0.29) is 17.6 Å². The first-order valence-electron chi connectivity index (χ1n) is 8.82. The SMILES string of the molecule is Cn1ccnc1CCN1C[C@@H](c2ccccc2)O[C@@H](C(C)(C)C)C1. The summed E-state index contributed by atoms with van der Waals surface area (Å²) in [6.07, 6.45) is 5.24. The van der Waals surface area contributed by atoms with Crippen LogP contribution < -0.4 is 0 Å². The predicted octanol–water partition coefficient (Wildman–Crippen LogP) is 3.45. The molecule has 1 aromatic carbocycles. The first kappa shape index (κ1) is 17.2. The fourth-order valence-electron chi connectivity index (χ4n) is 3.24. The van der Waals surface area contributed by atoms with Crippen molar-refractivity contribution in [2.45, 2.75) is 39.4 Å². The summed E-state index contributed by atoms with van der Waals surface area (Å²) in [5.41, 5.74) is 1.41. The molecule has 1 aliphatic heterocycles. The van der Waals surface area contributed by atoms with Crippen molar-refractivity contribution in [1.82, 2.24) is 14.5 Å². The molecule has 130 valence electrons. The highest BCUT2D eigenvalue weighted by Gasteiger charge is 2.35. The van der Waals surface area contributed by atoms with Crippen molar-refractivity contribution in [3.8, 4) is 0 Å². The summed E-state index contributed by atoms with van der Waals surface area (Å²) in [4.78, 5) is 6.98. The van der Waals surface area contributed by atoms with E-state index in [9.17, 15) is 0 Å². The molecule has 0 bridgehead atoms. The van der Waals surface area contributed by atoms with E-state index in [1.165, 1.54) is 5.56 Å². The molecule has 2 heterocycles. The number of rotatable bonds is 4. The van der Waals surface area contributed by atoms with Crippen molar-refractivity contribution in [3.63, 3.8) is 0 Å². The second-order valence-electron chi connectivity index (χ2n) is 7.85. The average Bonchev–Trinajstić information content (AvgIpc) is 2.98. The van der Waals surface area contributed by atoms with Gasteiger partial charge in [-0.3, -0.25) is 4.90 Å². The first-order valence-corrected chi connectivity index (χ1v) is 8.82. The minimum atomic E-state index is 0.134. The lowest BCUT2D eigenvalue weighted by Gasteiger charge is -2.43. The van der Waals surface area contributed by atoms with E-state index >= 15 is 0 Å². The molecular weight excluding hydrogens is 298 g/mol. The zero-order valence-corrected chi connectivity index (χ0v) is 15.3. The molecule has 0 amide bonds. The molecule has 1 aromatic heterocycles. The zero-order chi connectivity index (χ0) is 17.2. The van der Waals surface area contributed by atoms with Gasteiger partial charge >= 0.3 is 0 Å². The van der Waals surface area contributed by atoms with E-state index in [2.05, 4.69) is 72.6 Å². The second-order valence-corrected chi connectivity index (χ2v) is 7.85. The standard InChI is InChI=1S/C20H29N3O/c1-20(2,3)18-15-23(12-10-19-21-11-13-22(19)4)14-17(24-18)16-8-6-5-7-9-16/h5-9,11,13,17-18H,10,12,14-15H2,1-4H3/t17-,18+/m0/s1. The van der Waals surface area contributed by atoms with E-state index < -0.39 is 0 Å². The van der Waals surface area contributed by atoms with E-state index in [4.69, 9.17) is 4.74 Å². The number of hydrogen-bond donors (Lipinski definition) is 0. The Morgan fingerprint density at radius 2 is 1.92 bits per heavy atom. The van der Waals surface area contributed by atoms with Gasteiger partial charge in [0, 0.05) is 45.5 Å². The lowest BCUT2D eigenvalue weighted by atomic mass is 9.87. The minimum absolute atomic E-state index is 0.134. The van der Waals surface area contributed by atoms with Gasteiger partial charge in [0.05, 0.1) is 12.2 Å². The van der Waals surface area contributed by atoms with Crippen LogP contribution in [0, 0.1) is 5.41 Å². The van der Waals surface area contributed by atoms with Gasteiger partial charge in [-0.1, -0.05) is 51.1 Å². The Morgan fingerprint density at radius 3 is 2.54 bits per heavy atom. The van der Waals surface area contributed by atoms with Crippen LogP contribution in [0.15, 0.2) is 42.7 Å². The Hall–Kier alpha value is -1.65. The molecule has 1 saturated heterocycles. The molecule has 2 atom stereocenters. The number of benzene rings is 1. The van der Waals surface area contributed by atoms with Crippen LogP contribution in [0.2, 0.25) is 0 Å². The molecule has 4 heteroatoms. The molecule has 0 saturated carbocycles. The minimum Gasteiger partial charge on any atom is -0.367 e. The summed E-state index contributed by atoms with van der Waals surface area (Å²) < 4.78 is 8.57. The molecule has 2 aromatic rings. The number of morpholine rings is 1. The molecule has 0 spiro atoms. The predicted molar refractivity (Wildman–Crippen MR) is 96.9 cm³/mol. The van der Waals surface area contributed by atoms with E-state index in [1.54, 1.807) is 0 Å². The summed E-state index contributed by atoms with van der Waals surface area (Å²) in [5, 5.41) is 0. The fraction of sp³-hybridized carbons (Fsp3) is 0.550. The van der Waals surface area contributed by atoms with Crippen molar-refractivity contribution < 1.29 is 4.74 Å². The maximum atomic E-state index is 6.47. The summed E-state index contributed by atoms with van der Waals surface area (Å²) in [6, 6.07) is 10.6. The van der Waals surface area contributed by atoms with Crippen molar-refractivity contribution in [2.24, 2.45) is 12.5 Å². The van der Waals surface area contributed by atoms with Gasteiger partial charge in [0.15, 0.2) is 0 Å². The second kappa shape index (κ2) is 7.08. The zero-order valence-electron chi connectivity index (χ0n) is 15.3. The normalized spacial score (nSPS) is 22.7. The molecule has 3 rings (SSSR count). The van der Waals surface area contributed by atoms with E-state index in [1.807, 2.05) is 12.4 Å². The fourth-order valence-corrected chi connectivity index (χ4v) is 3.24. The maximum Gasteiger partial charge on any atom is 0.109 e. The first-order chi connectivity index (χ1) is 11.4. The van der Waals surface area contributed by atoms with Gasteiger partial charge in [-0.15, -0.1) is 0 Å². The van der Waals surface area contributed by atoms with Gasteiger partial charge in [-0.2, -0.15) is 0 Å². The van der Waals surface area contributed by atoms with Crippen LogP contribution in [-0.2, 0) is 18.2 Å². The summed E-state index contributed by atoms with van der Waals surface area (Å²) >= 11 is 0. The van der Waals surface area contributed by atoms with Crippen molar-refractivity contribution in [3.05, 3.63) is 54.1 Å². The monoisotopic (exact) mass is 327 g/mol. The van der Waals surface area contributed by atoms with Gasteiger partial charge < -0.3 is 9.30 Å². The Kier molecular flexibility index (Phi) is 5.07. The Morgan fingerprint density at radius 1 is 1.17 bits per heavy atom. The van der Waals surface area contributed by atoms with E-state index in [0.717, 1.165) is 31.9 Å². The molecule has 0 N–H and O–H groups in total. The number of imidazole rings is 1. The van der Waals surface area contributed by atoms with Gasteiger partial charge in [0.2, 0.25) is 0 Å². The van der Waals surface area contributed by atoms with Crippen LogP contribution in [-0.4, -0.2) is 40.2 Å². The highest BCUT2D eigenvalue weighted by molar-refractivity contribution is 5.18. The number of ether oxygens (including phenoxy) is 1. The van der Waals surface area contributed by atoms with Crippen LogP contribution in [0.4, 0.5) is 0 Å². The van der Waals surface area contributed by atoms with Crippen LogP contribution >= 0.6 is 0 Å². The van der Waals surface area contributed by atoms with Gasteiger partial charge in [-0.05, 0) is 11.0 Å². The number of nitrogens with zero attached hydrogens (tertiary/aromatic N) is 3. The van der Waals surface area contributed by atoms with E-state index in [0.29, 0.717) is 0 Å². The van der Waals surface area contributed by atoms with Crippen LogP contribution in [0.25, 0.3) is 0 Å². The third-order valence-electron chi connectivity index (χ3n) is 4.89. The highest BCUT2D eigenvalue weighted by atomic mass is 16.5. The van der Waals surface area contributed by atoms with Crippen LogP contribution in [0.1, 0.15) is 38.3 Å². The van der Waals surface area contributed by atoms with Gasteiger partial charge in [0.25, 0.3) is 0 Å². The molecule has 24 heavy (non-hydrogen) atoms. The summed E-state index contributed by atoms with van der Waals surface area (Å²) in [5.74, 6) is 1.14. The van der Waals surface area contributed by atoms with Crippen molar-refractivity contribution >= 4 is 0 Å². The topological polar surface area (TPSA) is 30.3 Å². The lowest BCUT2D eigenvalue weighted by molar-refractivity contribution is -0.128. The smallest absolute Gasteiger partial charge is 0.109 e. The number of aryl methyl sites for hydroxylation is 1. The van der Waals surface area contributed by atoms with Crippen molar-refractivity contribution in [1.29, 1.82) is 0 Å². The molecule has 0 unspecified atom stereocenters. The average molecular weight is 327 g/mol. The molecule has 4 nitrogen and oxygen atoms in total. The van der Waals surface area contributed by atoms with Crippen molar-refractivity contribution in [2.75, 3.05) is 19.6 Å². The highest BCUT2D eigenvalue weighted by Crippen LogP contribution is 2.33. The molecule has 0 radical (unpaired) electrons. The summed E-state index contributed by atoms with van der Waals surface area (Å²) in [6.45, 7) is 9.74. The molecule has 1 aliphatic rings. The van der Waals surface area contributed by atoms with Gasteiger partial charge in [-0.25, -0.2) is 4.98 Å². The number of aromatic nitrogens is 2. The van der Waals surface area contributed by atoms with Gasteiger partial charge in [0.1, 0.15) is 5.82 Å². The lowest BCUT2D eigenvalue weighted by Crippen LogP contribution is -2.49. The Balaban J connectivity index is 1.72. The third kappa shape index (κ3) is 4.05. The largest absolute Gasteiger partial charge is 0.367 e. The third-order valence-corrected chi connectivity index (χ3v) is 4.89.